The number of para-hydroxylation sites is 1. The average Bonchev–Trinajstić information content (AvgIpc) is 3.67. The third kappa shape index (κ3) is 6.37. The molecule has 354 valence electrons. The lowest BCUT2D eigenvalue weighted by atomic mass is 9.33. The zero-order valence-electron chi connectivity index (χ0n) is 44.8. The number of hydrogen-bond donors (Lipinski definition) is 0. The summed E-state index contributed by atoms with van der Waals surface area (Å²) in [5.74, 6) is 0. The second-order valence-corrected chi connectivity index (χ2v) is 27.4. The van der Waals surface area contributed by atoms with E-state index >= 15 is 0 Å². The molecule has 0 saturated carbocycles. The van der Waals surface area contributed by atoms with Crippen LogP contribution in [0.2, 0.25) is 0 Å². The van der Waals surface area contributed by atoms with Gasteiger partial charge >= 0.3 is 0 Å². The third-order valence-electron chi connectivity index (χ3n) is 18.9. The van der Waals surface area contributed by atoms with Crippen LogP contribution in [0, 0.1) is 6.92 Å². The summed E-state index contributed by atoms with van der Waals surface area (Å²) in [6.45, 7) is 39.3. The van der Waals surface area contributed by atoms with Crippen LogP contribution in [-0.4, -0.2) is 6.71 Å². The molecule has 0 N–H and O–H groups in total. The van der Waals surface area contributed by atoms with E-state index in [2.05, 4.69) is 212 Å². The standard InChI is InChI=1S/C65H75BN2O/c1-38-31-43-46(64(13,14)29-27-61(43,7)8)36-50(38)68-53-33-39(59(2,3)4)32-52-57(53)66(48-23-24-55-56(58(48)68)41-19-17-18-20-54(41)69-55)49-35-45-47(65(15,16)30-28-63(45,11)12)37-51(49)67(52)40-21-22-42-44(34-40)62(9,10)26-25-60(42,5)6/h17-24,31-37H,25-30H2,1-16H3. The predicted molar refractivity (Wildman–Crippen MR) is 297 cm³/mol. The van der Waals surface area contributed by atoms with Gasteiger partial charge in [-0.1, -0.05) is 146 Å². The molecule has 3 aliphatic carbocycles. The van der Waals surface area contributed by atoms with Gasteiger partial charge in [0.25, 0.3) is 6.71 Å². The van der Waals surface area contributed by atoms with Crippen molar-refractivity contribution in [2.24, 2.45) is 0 Å². The summed E-state index contributed by atoms with van der Waals surface area (Å²) in [6.07, 6.45) is 7.07. The van der Waals surface area contributed by atoms with Crippen LogP contribution in [-0.2, 0) is 37.9 Å². The Morgan fingerprint density at radius 2 is 0.971 bits per heavy atom. The number of nitrogens with zero attached hydrogens (tertiary/aromatic N) is 2. The second kappa shape index (κ2) is 14.0. The molecule has 7 aromatic rings. The highest BCUT2D eigenvalue weighted by Gasteiger charge is 2.49. The minimum atomic E-state index is -0.131. The highest BCUT2D eigenvalue weighted by Crippen LogP contribution is 2.56. The van der Waals surface area contributed by atoms with Gasteiger partial charge in [-0.05, 0) is 193 Å². The first-order valence-electron chi connectivity index (χ1n) is 26.4. The lowest BCUT2D eigenvalue weighted by Crippen LogP contribution is -2.62. The SMILES string of the molecule is Cc1cc2c(cc1N1c3cc(C(C)(C)C)cc4c3B(c3cc5c(cc3N4c3ccc4c(c3)C(C)(C)CCC4(C)C)C(C)(C)CCC5(C)C)c3ccc4oc5ccccc5c4c31)C(C)(C)CCC2(C)C. The third-order valence-corrected chi connectivity index (χ3v) is 18.9. The molecule has 69 heavy (non-hydrogen) atoms. The molecule has 0 atom stereocenters. The molecular weight excluding hydrogens is 836 g/mol. The van der Waals surface area contributed by atoms with Crippen molar-refractivity contribution in [2.45, 2.75) is 187 Å². The Morgan fingerprint density at radius 1 is 0.464 bits per heavy atom. The van der Waals surface area contributed by atoms with Gasteiger partial charge in [0, 0.05) is 33.8 Å². The van der Waals surface area contributed by atoms with Gasteiger partial charge in [0.05, 0.1) is 11.1 Å². The number of benzene rings is 6. The Balaban J connectivity index is 1.26. The lowest BCUT2D eigenvalue weighted by Gasteiger charge is -2.49. The fraction of sp³-hybridized carbons (Fsp3) is 0.446. The molecule has 4 heteroatoms. The number of anilines is 6. The zero-order valence-corrected chi connectivity index (χ0v) is 44.8. The molecule has 0 radical (unpaired) electrons. The van der Waals surface area contributed by atoms with Gasteiger partial charge in [0.1, 0.15) is 11.2 Å². The second-order valence-electron chi connectivity index (χ2n) is 27.4. The van der Waals surface area contributed by atoms with Crippen molar-refractivity contribution < 1.29 is 4.42 Å². The number of fused-ring (bicyclic) bond motifs is 11. The van der Waals surface area contributed by atoms with Crippen molar-refractivity contribution in [3.63, 3.8) is 0 Å². The molecule has 0 unspecified atom stereocenters. The first kappa shape index (κ1) is 45.0. The minimum Gasteiger partial charge on any atom is -0.456 e. The molecular formula is C65H75BN2O. The van der Waals surface area contributed by atoms with Crippen molar-refractivity contribution in [2.75, 3.05) is 9.80 Å². The van der Waals surface area contributed by atoms with Crippen LogP contribution < -0.4 is 26.2 Å². The molecule has 5 aliphatic rings. The van der Waals surface area contributed by atoms with Gasteiger partial charge in [-0.2, -0.15) is 0 Å². The van der Waals surface area contributed by atoms with E-state index in [9.17, 15) is 0 Å². The Kier molecular flexibility index (Phi) is 9.13. The molecule has 0 fully saturated rings. The molecule has 12 rings (SSSR count). The number of aryl methyl sites for hydroxylation is 1. The lowest BCUT2D eigenvalue weighted by molar-refractivity contribution is 0.332. The summed E-state index contributed by atoms with van der Waals surface area (Å²) in [5, 5.41) is 2.38. The van der Waals surface area contributed by atoms with Crippen LogP contribution in [0.15, 0.2) is 95.4 Å². The smallest absolute Gasteiger partial charge is 0.252 e. The van der Waals surface area contributed by atoms with E-state index in [4.69, 9.17) is 4.42 Å². The summed E-state index contributed by atoms with van der Waals surface area (Å²) >= 11 is 0. The number of furan rings is 1. The summed E-state index contributed by atoms with van der Waals surface area (Å²) in [7, 11) is 0. The van der Waals surface area contributed by atoms with Crippen LogP contribution in [0.4, 0.5) is 34.1 Å². The number of hydrogen-bond acceptors (Lipinski definition) is 3. The molecule has 0 saturated heterocycles. The Labute approximate surface area is 414 Å². The van der Waals surface area contributed by atoms with E-state index in [0.717, 1.165) is 17.6 Å². The molecule has 6 aromatic carbocycles. The molecule has 3 nitrogen and oxygen atoms in total. The summed E-state index contributed by atoms with van der Waals surface area (Å²) < 4.78 is 6.87. The molecule has 3 heterocycles. The highest BCUT2D eigenvalue weighted by atomic mass is 16.3. The predicted octanol–water partition coefficient (Wildman–Crippen LogP) is 16.3. The summed E-state index contributed by atoms with van der Waals surface area (Å²) in [5.41, 5.74) is 25.7. The minimum absolute atomic E-state index is 0.00738. The normalized spacial score (nSPS) is 20.7. The molecule has 0 spiro atoms. The van der Waals surface area contributed by atoms with Crippen LogP contribution in [0.25, 0.3) is 21.9 Å². The van der Waals surface area contributed by atoms with E-state index in [-0.39, 0.29) is 44.6 Å². The summed E-state index contributed by atoms with van der Waals surface area (Å²) in [4.78, 5) is 5.46. The largest absolute Gasteiger partial charge is 0.456 e. The molecule has 2 aliphatic heterocycles. The first-order valence-corrected chi connectivity index (χ1v) is 26.4. The van der Waals surface area contributed by atoms with Crippen LogP contribution in [0.1, 0.15) is 187 Å². The van der Waals surface area contributed by atoms with Crippen LogP contribution in [0.3, 0.4) is 0 Å². The van der Waals surface area contributed by atoms with Crippen molar-refractivity contribution in [1.29, 1.82) is 0 Å². The van der Waals surface area contributed by atoms with Crippen LogP contribution in [0.5, 0.6) is 0 Å². The Bertz CT molecular complexity index is 3360. The van der Waals surface area contributed by atoms with Crippen molar-refractivity contribution in [3.05, 3.63) is 136 Å². The van der Waals surface area contributed by atoms with Crippen molar-refractivity contribution in [1.82, 2.24) is 0 Å². The monoisotopic (exact) mass is 911 g/mol. The van der Waals surface area contributed by atoms with Gasteiger partial charge < -0.3 is 14.2 Å². The fourth-order valence-electron chi connectivity index (χ4n) is 14.0. The van der Waals surface area contributed by atoms with E-state index in [1.54, 1.807) is 0 Å². The van der Waals surface area contributed by atoms with Crippen LogP contribution >= 0.6 is 0 Å². The average molecular weight is 911 g/mol. The fourth-order valence-corrected chi connectivity index (χ4v) is 14.0. The topological polar surface area (TPSA) is 19.6 Å². The highest BCUT2D eigenvalue weighted by molar-refractivity contribution is 7.00. The summed E-state index contributed by atoms with van der Waals surface area (Å²) in [6, 6.07) is 36.8. The first-order chi connectivity index (χ1) is 32.2. The molecule has 1 aromatic heterocycles. The van der Waals surface area contributed by atoms with Gasteiger partial charge in [0.2, 0.25) is 0 Å². The molecule has 0 amide bonds. The Hall–Kier alpha value is -5.22. The zero-order chi connectivity index (χ0) is 48.9. The van der Waals surface area contributed by atoms with Crippen molar-refractivity contribution in [3.8, 4) is 0 Å². The van der Waals surface area contributed by atoms with Gasteiger partial charge in [0.15, 0.2) is 0 Å². The number of rotatable bonds is 2. The quantitative estimate of drug-likeness (QED) is 0.161. The van der Waals surface area contributed by atoms with Crippen molar-refractivity contribution >= 4 is 79.2 Å². The van der Waals surface area contributed by atoms with E-state index in [0.29, 0.717) is 0 Å². The van der Waals surface area contributed by atoms with E-state index < -0.39 is 0 Å². The maximum absolute atomic E-state index is 6.87. The van der Waals surface area contributed by atoms with Gasteiger partial charge in [-0.3, -0.25) is 0 Å². The maximum atomic E-state index is 6.87. The Morgan fingerprint density at radius 3 is 1.57 bits per heavy atom. The van der Waals surface area contributed by atoms with Gasteiger partial charge in [-0.25, -0.2) is 0 Å². The maximum Gasteiger partial charge on any atom is 0.252 e. The van der Waals surface area contributed by atoms with E-state index in [1.807, 2.05) is 0 Å². The molecule has 0 bridgehead atoms. The van der Waals surface area contributed by atoms with Gasteiger partial charge in [-0.15, -0.1) is 0 Å². The van der Waals surface area contributed by atoms with E-state index in [1.165, 1.54) is 138 Å².